The van der Waals surface area contributed by atoms with E-state index in [-0.39, 0.29) is 6.10 Å². The fourth-order valence-corrected chi connectivity index (χ4v) is 0.962. The van der Waals surface area contributed by atoms with E-state index in [1.165, 1.54) is 5.56 Å². The van der Waals surface area contributed by atoms with Crippen LogP contribution in [-0.2, 0) is 6.42 Å². The summed E-state index contributed by atoms with van der Waals surface area (Å²) in [5, 5.41) is 9.00. The van der Waals surface area contributed by atoms with E-state index < -0.39 is 0 Å². The monoisotopic (exact) mass is 149 g/mol. The highest BCUT2D eigenvalue weighted by atomic mass is 16.3. The standard InChI is InChI=1S/C10H13O/c1-9(11)7-8-10-5-3-2-4-6-10/h2-3,5-6,9,11H,7-8H2,1H3. The maximum absolute atomic E-state index is 9.00. The van der Waals surface area contributed by atoms with Crippen molar-refractivity contribution in [1.82, 2.24) is 0 Å². The van der Waals surface area contributed by atoms with Gasteiger partial charge in [0.05, 0.1) is 6.10 Å². The first kappa shape index (κ1) is 8.28. The Kier molecular flexibility index (Phi) is 3.12. The Hall–Kier alpha value is -0.820. The molecule has 0 aromatic heterocycles. The van der Waals surface area contributed by atoms with Gasteiger partial charge in [-0.25, -0.2) is 0 Å². The third-order valence-corrected chi connectivity index (χ3v) is 1.62. The Morgan fingerprint density at radius 2 is 2.45 bits per heavy atom. The number of aliphatic hydroxyl groups is 1. The van der Waals surface area contributed by atoms with Crippen molar-refractivity contribution in [3.05, 3.63) is 35.9 Å². The molecule has 0 bridgehead atoms. The van der Waals surface area contributed by atoms with E-state index in [0.717, 1.165) is 12.8 Å². The van der Waals surface area contributed by atoms with Crippen molar-refractivity contribution in [3.63, 3.8) is 0 Å². The summed E-state index contributed by atoms with van der Waals surface area (Å²) in [5.74, 6) is 0. The normalized spacial score (nSPS) is 12.9. The highest BCUT2D eigenvalue weighted by Gasteiger charge is 1.95. The van der Waals surface area contributed by atoms with Gasteiger partial charge in [0.25, 0.3) is 0 Å². The van der Waals surface area contributed by atoms with Crippen molar-refractivity contribution in [2.75, 3.05) is 0 Å². The molecule has 1 aromatic rings. The lowest BCUT2D eigenvalue weighted by atomic mass is 10.1. The smallest absolute Gasteiger partial charge is 0.0515 e. The van der Waals surface area contributed by atoms with Crippen molar-refractivity contribution in [2.45, 2.75) is 25.9 Å². The number of aryl methyl sites for hydroxylation is 1. The van der Waals surface area contributed by atoms with Crippen LogP contribution in [0.2, 0.25) is 0 Å². The lowest BCUT2D eigenvalue weighted by Crippen LogP contribution is -2.00. The first-order valence-electron chi connectivity index (χ1n) is 3.92. The molecule has 1 unspecified atom stereocenters. The second-order valence-corrected chi connectivity index (χ2v) is 2.80. The molecule has 1 rings (SSSR count). The molecule has 0 fully saturated rings. The fourth-order valence-electron chi connectivity index (χ4n) is 0.962. The largest absolute Gasteiger partial charge is 0.393 e. The fraction of sp³-hybridized carbons (Fsp3) is 0.400. The van der Waals surface area contributed by atoms with Gasteiger partial charge in [0.1, 0.15) is 0 Å². The van der Waals surface area contributed by atoms with E-state index in [1.807, 2.05) is 25.1 Å². The summed E-state index contributed by atoms with van der Waals surface area (Å²) >= 11 is 0. The number of benzene rings is 1. The van der Waals surface area contributed by atoms with Gasteiger partial charge in [-0.05, 0) is 31.4 Å². The van der Waals surface area contributed by atoms with Crippen LogP contribution < -0.4 is 0 Å². The minimum atomic E-state index is -0.199. The van der Waals surface area contributed by atoms with Crippen molar-refractivity contribution >= 4 is 0 Å². The third-order valence-electron chi connectivity index (χ3n) is 1.62. The van der Waals surface area contributed by atoms with Gasteiger partial charge in [0, 0.05) is 0 Å². The number of rotatable bonds is 3. The van der Waals surface area contributed by atoms with Crippen molar-refractivity contribution in [3.8, 4) is 0 Å². The lowest BCUT2D eigenvalue weighted by molar-refractivity contribution is 0.185. The van der Waals surface area contributed by atoms with Crippen LogP contribution in [-0.4, -0.2) is 11.2 Å². The van der Waals surface area contributed by atoms with E-state index in [9.17, 15) is 0 Å². The molecule has 59 valence electrons. The maximum Gasteiger partial charge on any atom is 0.0515 e. The Morgan fingerprint density at radius 1 is 1.64 bits per heavy atom. The van der Waals surface area contributed by atoms with Crippen molar-refractivity contribution in [2.24, 2.45) is 0 Å². The molecule has 0 aliphatic carbocycles. The van der Waals surface area contributed by atoms with Crippen LogP contribution in [0.15, 0.2) is 24.3 Å². The molecule has 1 heteroatoms. The zero-order chi connectivity index (χ0) is 8.10. The molecule has 0 saturated carbocycles. The maximum atomic E-state index is 9.00. The lowest BCUT2D eigenvalue weighted by Gasteiger charge is -2.02. The van der Waals surface area contributed by atoms with Gasteiger partial charge in [-0.15, -0.1) is 0 Å². The van der Waals surface area contributed by atoms with Gasteiger partial charge < -0.3 is 5.11 Å². The van der Waals surface area contributed by atoms with E-state index in [2.05, 4.69) is 12.1 Å². The molecule has 1 radical (unpaired) electrons. The van der Waals surface area contributed by atoms with E-state index in [0.29, 0.717) is 0 Å². The highest BCUT2D eigenvalue weighted by molar-refractivity contribution is 5.13. The van der Waals surface area contributed by atoms with Gasteiger partial charge in [-0.3, -0.25) is 0 Å². The van der Waals surface area contributed by atoms with Crippen molar-refractivity contribution < 1.29 is 5.11 Å². The Morgan fingerprint density at radius 3 is 3.00 bits per heavy atom. The zero-order valence-electron chi connectivity index (χ0n) is 6.75. The summed E-state index contributed by atoms with van der Waals surface area (Å²) in [5.41, 5.74) is 1.24. The van der Waals surface area contributed by atoms with Crippen LogP contribution in [0.3, 0.4) is 0 Å². The number of hydrogen-bond acceptors (Lipinski definition) is 1. The second-order valence-electron chi connectivity index (χ2n) is 2.80. The molecule has 1 nitrogen and oxygen atoms in total. The predicted octanol–water partition coefficient (Wildman–Crippen LogP) is 1.80. The SMILES string of the molecule is CC(O)CCc1c[c]ccc1. The second kappa shape index (κ2) is 4.14. The molecule has 0 spiro atoms. The van der Waals surface area contributed by atoms with Crippen LogP contribution in [0.5, 0.6) is 0 Å². The molecule has 0 heterocycles. The van der Waals surface area contributed by atoms with Gasteiger partial charge in [-0.2, -0.15) is 0 Å². The zero-order valence-corrected chi connectivity index (χ0v) is 6.75. The molecule has 0 amide bonds. The van der Waals surface area contributed by atoms with Crippen LogP contribution in [0.25, 0.3) is 0 Å². The van der Waals surface area contributed by atoms with E-state index in [4.69, 9.17) is 5.11 Å². The molecule has 1 N–H and O–H groups in total. The van der Waals surface area contributed by atoms with Gasteiger partial charge in [-0.1, -0.05) is 24.3 Å². The topological polar surface area (TPSA) is 20.2 Å². The van der Waals surface area contributed by atoms with Gasteiger partial charge in [0.2, 0.25) is 0 Å². The molecular weight excluding hydrogens is 136 g/mol. The molecule has 11 heavy (non-hydrogen) atoms. The van der Waals surface area contributed by atoms with E-state index in [1.54, 1.807) is 0 Å². The molecule has 0 saturated heterocycles. The average molecular weight is 149 g/mol. The third kappa shape index (κ3) is 3.19. The van der Waals surface area contributed by atoms with Crippen LogP contribution >= 0.6 is 0 Å². The van der Waals surface area contributed by atoms with Crippen LogP contribution in [0.1, 0.15) is 18.9 Å². The first-order valence-corrected chi connectivity index (χ1v) is 3.92. The molecule has 1 atom stereocenters. The molecule has 1 aromatic carbocycles. The summed E-state index contributed by atoms with van der Waals surface area (Å²) < 4.78 is 0. The predicted molar refractivity (Wildman–Crippen MR) is 45.3 cm³/mol. The quantitative estimate of drug-likeness (QED) is 0.694. The average Bonchev–Trinajstić information content (AvgIpc) is 2.03. The summed E-state index contributed by atoms with van der Waals surface area (Å²) in [6.45, 7) is 1.81. The molecular formula is C10H13O. The summed E-state index contributed by atoms with van der Waals surface area (Å²) in [7, 11) is 0. The highest BCUT2D eigenvalue weighted by Crippen LogP contribution is 2.03. The Labute approximate surface area is 67.7 Å². The Balaban J connectivity index is 2.39. The summed E-state index contributed by atoms with van der Waals surface area (Å²) in [6, 6.07) is 10.9. The first-order chi connectivity index (χ1) is 5.29. The summed E-state index contributed by atoms with van der Waals surface area (Å²) in [6.07, 6.45) is 1.57. The number of hydrogen-bond donors (Lipinski definition) is 1. The van der Waals surface area contributed by atoms with Gasteiger partial charge in [0.15, 0.2) is 0 Å². The molecule has 0 aliphatic heterocycles. The minimum absolute atomic E-state index is 0.199. The Bertz CT molecular complexity index is 191. The minimum Gasteiger partial charge on any atom is -0.393 e. The van der Waals surface area contributed by atoms with E-state index >= 15 is 0 Å². The molecule has 0 aliphatic rings. The van der Waals surface area contributed by atoms with Crippen LogP contribution in [0.4, 0.5) is 0 Å². The number of aliphatic hydroxyl groups excluding tert-OH is 1. The van der Waals surface area contributed by atoms with Gasteiger partial charge >= 0.3 is 0 Å². The van der Waals surface area contributed by atoms with Crippen LogP contribution in [0, 0.1) is 6.07 Å². The van der Waals surface area contributed by atoms with Crippen molar-refractivity contribution in [1.29, 1.82) is 0 Å². The summed E-state index contributed by atoms with van der Waals surface area (Å²) in [4.78, 5) is 0.